The number of nitrogens with zero attached hydrogens (tertiary/aromatic N) is 1. The van der Waals surface area contributed by atoms with E-state index in [-0.39, 0.29) is 12.2 Å². The van der Waals surface area contributed by atoms with Crippen LogP contribution < -0.4 is 4.74 Å². The highest BCUT2D eigenvalue weighted by Gasteiger charge is 2.33. The predicted octanol–water partition coefficient (Wildman–Crippen LogP) is 5.89. The minimum absolute atomic E-state index is 0.220. The van der Waals surface area contributed by atoms with Gasteiger partial charge in [0, 0.05) is 5.56 Å². The van der Waals surface area contributed by atoms with Crippen molar-refractivity contribution in [2.24, 2.45) is 0 Å². The molecular formula is C25H18F3NO2. The molecule has 0 heterocycles. The van der Waals surface area contributed by atoms with Gasteiger partial charge in [-0.2, -0.15) is 18.4 Å². The topological polar surface area (TPSA) is 53.2 Å². The van der Waals surface area contributed by atoms with Gasteiger partial charge < -0.3 is 9.84 Å². The molecule has 3 rings (SSSR count). The van der Waals surface area contributed by atoms with Gasteiger partial charge in [0.15, 0.2) is 0 Å². The molecule has 1 aliphatic carbocycles. The summed E-state index contributed by atoms with van der Waals surface area (Å²) in [6, 6.07) is 9.49. The van der Waals surface area contributed by atoms with Crippen LogP contribution in [0.5, 0.6) is 11.5 Å². The van der Waals surface area contributed by atoms with Crippen molar-refractivity contribution in [3.05, 3.63) is 94.6 Å². The predicted molar refractivity (Wildman–Crippen MR) is 111 cm³/mol. The number of aromatic hydroxyl groups is 1. The minimum atomic E-state index is -4.66. The first-order valence-electron chi connectivity index (χ1n) is 9.48. The number of hydrogen-bond acceptors (Lipinski definition) is 3. The van der Waals surface area contributed by atoms with E-state index in [0.717, 1.165) is 30.5 Å². The van der Waals surface area contributed by atoms with Crippen LogP contribution in [-0.4, -0.2) is 11.7 Å². The smallest absolute Gasteiger partial charge is 0.417 e. The molecule has 0 saturated heterocycles. The molecule has 6 heteroatoms. The zero-order valence-electron chi connectivity index (χ0n) is 16.4. The van der Waals surface area contributed by atoms with Crippen molar-refractivity contribution in [1.29, 1.82) is 5.26 Å². The molecule has 2 aromatic carbocycles. The van der Waals surface area contributed by atoms with E-state index >= 15 is 0 Å². The van der Waals surface area contributed by atoms with Crippen LogP contribution in [0.15, 0.2) is 72.4 Å². The number of phenolic OH excluding ortho intramolecular Hbond substituents is 1. The van der Waals surface area contributed by atoms with Gasteiger partial charge in [0.05, 0.1) is 22.8 Å². The summed E-state index contributed by atoms with van der Waals surface area (Å²) >= 11 is 0. The third-order valence-electron chi connectivity index (χ3n) is 4.42. The third kappa shape index (κ3) is 6.04. The molecule has 2 aromatic rings. The lowest BCUT2D eigenvalue weighted by molar-refractivity contribution is -0.137. The average Bonchev–Trinajstić information content (AvgIpc) is 2.71. The van der Waals surface area contributed by atoms with E-state index in [9.17, 15) is 23.5 Å². The van der Waals surface area contributed by atoms with Gasteiger partial charge in [-0.3, -0.25) is 0 Å². The Labute approximate surface area is 178 Å². The Morgan fingerprint density at radius 1 is 1.00 bits per heavy atom. The van der Waals surface area contributed by atoms with Gasteiger partial charge >= 0.3 is 6.18 Å². The summed E-state index contributed by atoms with van der Waals surface area (Å²) in [7, 11) is 0. The van der Waals surface area contributed by atoms with Gasteiger partial charge in [0.1, 0.15) is 18.1 Å². The van der Waals surface area contributed by atoms with Crippen LogP contribution >= 0.6 is 0 Å². The van der Waals surface area contributed by atoms with Crippen molar-refractivity contribution in [3.63, 3.8) is 0 Å². The number of alkyl halides is 3. The van der Waals surface area contributed by atoms with Crippen LogP contribution in [-0.2, 0) is 6.18 Å². The zero-order valence-corrected chi connectivity index (χ0v) is 16.4. The lowest BCUT2D eigenvalue weighted by Gasteiger charge is -2.11. The van der Waals surface area contributed by atoms with E-state index < -0.39 is 17.5 Å². The number of phenols is 1. The first-order valence-corrected chi connectivity index (χ1v) is 9.48. The van der Waals surface area contributed by atoms with Crippen LogP contribution in [0.25, 0.3) is 0 Å². The Morgan fingerprint density at radius 2 is 1.74 bits per heavy atom. The van der Waals surface area contributed by atoms with Gasteiger partial charge in [-0.1, -0.05) is 42.2 Å². The maximum atomic E-state index is 13.3. The van der Waals surface area contributed by atoms with Crippen molar-refractivity contribution >= 4 is 0 Å². The zero-order chi connectivity index (χ0) is 22.3. The summed E-state index contributed by atoms with van der Waals surface area (Å²) in [6.07, 6.45) is 7.12. The fourth-order valence-corrected chi connectivity index (χ4v) is 2.85. The second-order valence-electron chi connectivity index (χ2n) is 6.74. The van der Waals surface area contributed by atoms with Crippen LogP contribution in [0.1, 0.15) is 35.1 Å². The van der Waals surface area contributed by atoms with E-state index in [1.807, 2.05) is 36.4 Å². The largest absolute Gasteiger partial charge is 0.508 e. The first-order chi connectivity index (χ1) is 14.9. The molecule has 0 radical (unpaired) electrons. The molecule has 0 aliphatic heterocycles. The van der Waals surface area contributed by atoms with Gasteiger partial charge in [0.25, 0.3) is 0 Å². The highest BCUT2D eigenvalue weighted by Crippen LogP contribution is 2.34. The van der Waals surface area contributed by atoms with Crippen molar-refractivity contribution in [2.75, 3.05) is 6.61 Å². The summed E-state index contributed by atoms with van der Waals surface area (Å²) < 4.78 is 45.6. The number of allylic oxidation sites excluding steroid dienone is 4. The molecule has 0 unspecified atom stereocenters. The van der Waals surface area contributed by atoms with Crippen molar-refractivity contribution in [1.82, 2.24) is 0 Å². The maximum Gasteiger partial charge on any atom is 0.417 e. The highest BCUT2D eigenvalue weighted by atomic mass is 19.4. The Morgan fingerprint density at radius 3 is 2.52 bits per heavy atom. The quantitative estimate of drug-likeness (QED) is 0.629. The maximum absolute atomic E-state index is 13.3. The molecular weight excluding hydrogens is 403 g/mol. The molecule has 0 aromatic heterocycles. The monoisotopic (exact) mass is 421 g/mol. The number of halogens is 3. The lowest BCUT2D eigenvalue weighted by Crippen LogP contribution is -2.07. The molecule has 31 heavy (non-hydrogen) atoms. The van der Waals surface area contributed by atoms with E-state index in [1.165, 1.54) is 18.2 Å². The Kier molecular flexibility index (Phi) is 6.85. The van der Waals surface area contributed by atoms with Gasteiger partial charge in [0.2, 0.25) is 0 Å². The molecule has 0 bridgehead atoms. The average molecular weight is 421 g/mol. The van der Waals surface area contributed by atoms with Crippen molar-refractivity contribution in [3.8, 4) is 29.4 Å². The number of ether oxygens (including phenoxy) is 1. The highest BCUT2D eigenvalue weighted by molar-refractivity contribution is 5.55. The Hall–Kier alpha value is -3.90. The standard InChI is InChI=1S/C25H18F3NO2/c26-25(27,28)23-15-22(30)13-12-20(23)10-11-21-9-8-19(16-29)14-24(21)31-17-18-6-4-2-1-3-5-7-18/h2,4-9,12-15,30H,1,3,17H2/b4-2-,7-5-,18-6+. The fourth-order valence-electron chi connectivity index (χ4n) is 2.85. The first kappa shape index (κ1) is 21.8. The van der Waals surface area contributed by atoms with Crippen molar-refractivity contribution < 1.29 is 23.0 Å². The van der Waals surface area contributed by atoms with E-state index in [1.54, 1.807) is 0 Å². The summed E-state index contributed by atoms with van der Waals surface area (Å²) in [5, 5.41) is 18.6. The number of benzene rings is 2. The second-order valence-corrected chi connectivity index (χ2v) is 6.74. The molecule has 0 atom stereocenters. The molecule has 0 amide bonds. The second kappa shape index (κ2) is 9.73. The minimum Gasteiger partial charge on any atom is -0.508 e. The summed E-state index contributed by atoms with van der Waals surface area (Å²) in [6.45, 7) is 0.220. The van der Waals surface area contributed by atoms with Gasteiger partial charge in [-0.25, -0.2) is 0 Å². The lowest BCUT2D eigenvalue weighted by atomic mass is 10.1. The molecule has 1 N–H and O–H groups in total. The van der Waals surface area contributed by atoms with Crippen molar-refractivity contribution in [2.45, 2.75) is 19.0 Å². The van der Waals surface area contributed by atoms with E-state index in [4.69, 9.17) is 4.74 Å². The number of hydrogen-bond donors (Lipinski definition) is 1. The number of rotatable bonds is 3. The molecule has 0 saturated carbocycles. The normalized spacial score (nSPS) is 17.0. The number of nitriles is 1. The molecule has 1 aliphatic rings. The Bertz CT molecular complexity index is 1160. The third-order valence-corrected chi connectivity index (χ3v) is 4.42. The Balaban J connectivity index is 1.93. The molecule has 156 valence electrons. The van der Waals surface area contributed by atoms with E-state index in [0.29, 0.717) is 22.9 Å². The van der Waals surface area contributed by atoms with Gasteiger partial charge in [-0.05, 0) is 54.8 Å². The van der Waals surface area contributed by atoms with Crippen LogP contribution in [0.3, 0.4) is 0 Å². The fraction of sp³-hybridized carbons (Fsp3) is 0.160. The molecule has 0 spiro atoms. The van der Waals surface area contributed by atoms with Gasteiger partial charge in [-0.15, -0.1) is 0 Å². The van der Waals surface area contributed by atoms with Crippen LogP contribution in [0.4, 0.5) is 13.2 Å². The summed E-state index contributed by atoms with van der Waals surface area (Å²) in [4.78, 5) is 0. The SMILES string of the molecule is N#Cc1ccc(C#Cc2ccc(O)cc2C(F)(F)F)c(OCC2=C/C=C\CC/C=C\2)c1. The van der Waals surface area contributed by atoms with Crippen LogP contribution in [0.2, 0.25) is 0 Å². The molecule has 3 nitrogen and oxygen atoms in total. The van der Waals surface area contributed by atoms with Crippen LogP contribution in [0, 0.1) is 23.2 Å². The summed E-state index contributed by atoms with van der Waals surface area (Å²) in [5.74, 6) is 5.03. The molecule has 0 fully saturated rings. The van der Waals surface area contributed by atoms with E-state index in [2.05, 4.69) is 11.8 Å². The summed E-state index contributed by atoms with van der Waals surface area (Å²) in [5.41, 5.74) is 0.327.